The van der Waals surface area contributed by atoms with Crippen LogP contribution in [0.2, 0.25) is 0 Å². The van der Waals surface area contributed by atoms with Crippen molar-refractivity contribution in [2.45, 2.75) is 25.9 Å². The standard InChI is InChI=1S/C18H22N4O2/c23-21-12-17-10-19-18(20-11-17)24-14-16-6-8-22(9-7-16)13-15-4-2-1-3-5-15/h1-5,10-11,16H,6-9,12-14H2. The maximum absolute atomic E-state index is 10.2. The fourth-order valence-corrected chi connectivity index (χ4v) is 2.92. The highest BCUT2D eigenvalue weighted by molar-refractivity contribution is 5.14. The zero-order valence-electron chi connectivity index (χ0n) is 13.7. The lowest BCUT2D eigenvalue weighted by Crippen LogP contribution is -2.35. The molecule has 1 aromatic carbocycles. The summed E-state index contributed by atoms with van der Waals surface area (Å²) in [6.07, 6.45) is 5.43. The Balaban J connectivity index is 1.40. The number of nitroso groups, excluding NO2 is 1. The maximum Gasteiger partial charge on any atom is 0.316 e. The molecule has 6 nitrogen and oxygen atoms in total. The van der Waals surface area contributed by atoms with Crippen LogP contribution in [0.4, 0.5) is 0 Å². The number of hydrogen-bond donors (Lipinski definition) is 0. The van der Waals surface area contributed by atoms with Gasteiger partial charge in [-0.15, -0.1) is 0 Å². The monoisotopic (exact) mass is 326 g/mol. The summed E-state index contributed by atoms with van der Waals surface area (Å²) in [5, 5.41) is 2.82. The van der Waals surface area contributed by atoms with Crippen molar-refractivity contribution in [2.24, 2.45) is 11.1 Å². The molecule has 1 aliphatic heterocycles. The van der Waals surface area contributed by atoms with Crippen LogP contribution in [0.15, 0.2) is 47.9 Å². The first-order valence-corrected chi connectivity index (χ1v) is 8.32. The Hall–Kier alpha value is -2.34. The molecule has 2 heterocycles. The summed E-state index contributed by atoms with van der Waals surface area (Å²) in [5.74, 6) is 0.539. The number of likely N-dealkylation sites (tertiary alicyclic amines) is 1. The van der Waals surface area contributed by atoms with Crippen LogP contribution >= 0.6 is 0 Å². The molecule has 1 aliphatic rings. The van der Waals surface area contributed by atoms with Gasteiger partial charge in [-0.1, -0.05) is 35.5 Å². The molecule has 0 aliphatic carbocycles. The lowest BCUT2D eigenvalue weighted by Gasteiger charge is -2.31. The summed E-state index contributed by atoms with van der Waals surface area (Å²) in [5.41, 5.74) is 2.07. The van der Waals surface area contributed by atoms with Gasteiger partial charge < -0.3 is 4.74 Å². The Bertz CT molecular complexity index is 625. The molecule has 6 heteroatoms. The third-order valence-electron chi connectivity index (χ3n) is 4.33. The summed E-state index contributed by atoms with van der Waals surface area (Å²) in [6.45, 7) is 3.94. The molecule has 1 aromatic heterocycles. The molecule has 0 atom stereocenters. The van der Waals surface area contributed by atoms with Crippen molar-refractivity contribution in [3.8, 4) is 6.01 Å². The molecule has 1 saturated heterocycles. The van der Waals surface area contributed by atoms with Gasteiger partial charge in [0.2, 0.25) is 0 Å². The van der Waals surface area contributed by atoms with Gasteiger partial charge in [0.05, 0.1) is 6.61 Å². The van der Waals surface area contributed by atoms with Crippen molar-refractivity contribution in [3.63, 3.8) is 0 Å². The molecule has 0 N–H and O–H groups in total. The zero-order chi connectivity index (χ0) is 16.6. The van der Waals surface area contributed by atoms with Gasteiger partial charge in [0.15, 0.2) is 0 Å². The van der Waals surface area contributed by atoms with Crippen molar-refractivity contribution in [3.05, 3.63) is 58.8 Å². The molecule has 126 valence electrons. The average molecular weight is 326 g/mol. The summed E-state index contributed by atoms with van der Waals surface area (Å²) in [7, 11) is 0. The summed E-state index contributed by atoms with van der Waals surface area (Å²) < 4.78 is 5.68. The van der Waals surface area contributed by atoms with Gasteiger partial charge in [-0.2, -0.15) is 4.91 Å². The van der Waals surface area contributed by atoms with Gasteiger partial charge >= 0.3 is 6.01 Å². The molecule has 0 radical (unpaired) electrons. The maximum atomic E-state index is 10.2. The van der Waals surface area contributed by atoms with E-state index < -0.39 is 0 Å². The first-order chi connectivity index (χ1) is 11.8. The highest BCUT2D eigenvalue weighted by atomic mass is 16.5. The fourth-order valence-electron chi connectivity index (χ4n) is 2.92. The Morgan fingerprint density at radius 1 is 1.08 bits per heavy atom. The quantitative estimate of drug-likeness (QED) is 0.732. The van der Waals surface area contributed by atoms with Gasteiger partial charge in [0, 0.05) is 24.5 Å². The Kier molecular flexibility index (Phi) is 5.85. The zero-order valence-corrected chi connectivity index (χ0v) is 13.7. The molecule has 0 spiro atoms. The minimum absolute atomic E-state index is 0.0974. The first-order valence-electron chi connectivity index (χ1n) is 8.32. The second-order valence-electron chi connectivity index (χ2n) is 6.18. The number of ether oxygens (including phenoxy) is 1. The van der Waals surface area contributed by atoms with Crippen LogP contribution in [0, 0.1) is 10.8 Å². The largest absolute Gasteiger partial charge is 0.463 e. The Labute approximate surface area is 141 Å². The predicted molar refractivity (Wildman–Crippen MR) is 91.5 cm³/mol. The fraction of sp³-hybridized carbons (Fsp3) is 0.444. The second-order valence-corrected chi connectivity index (χ2v) is 6.18. The Morgan fingerprint density at radius 2 is 1.79 bits per heavy atom. The van der Waals surface area contributed by atoms with Gasteiger partial charge in [0.1, 0.15) is 6.54 Å². The van der Waals surface area contributed by atoms with Crippen LogP contribution in [0.1, 0.15) is 24.0 Å². The molecule has 2 aromatic rings. The normalized spacial score (nSPS) is 16.0. The lowest BCUT2D eigenvalue weighted by atomic mass is 9.97. The van der Waals surface area contributed by atoms with Gasteiger partial charge in [-0.05, 0) is 37.4 Å². The van der Waals surface area contributed by atoms with E-state index >= 15 is 0 Å². The summed E-state index contributed by atoms with van der Waals surface area (Å²) in [4.78, 5) is 20.9. The molecule has 0 saturated carbocycles. The number of hydrogen-bond acceptors (Lipinski definition) is 6. The van der Waals surface area contributed by atoms with Crippen LogP contribution in [0.5, 0.6) is 6.01 Å². The van der Waals surface area contributed by atoms with Gasteiger partial charge in [0.25, 0.3) is 0 Å². The van der Waals surface area contributed by atoms with Gasteiger partial charge in [-0.3, -0.25) is 4.90 Å². The SMILES string of the molecule is O=NCc1cnc(OCC2CCN(Cc3ccccc3)CC2)nc1. The van der Waals surface area contributed by atoms with Crippen LogP contribution in [0.3, 0.4) is 0 Å². The van der Waals surface area contributed by atoms with E-state index in [1.165, 1.54) is 5.56 Å². The van der Waals surface area contributed by atoms with E-state index in [4.69, 9.17) is 4.74 Å². The second kappa shape index (κ2) is 8.49. The van der Waals surface area contributed by atoms with Crippen molar-refractivity contribution in [1.82, 2.24) is 14.9 Å². The number of rotatable bonds is 7. The highest BCUT2D eigenvalue weighted by Crippen LogP contribution is 2.19. The highest BCUT2D eigenvalue weighted by Gasteiger charge is 2.20. The van der Waals surface area contributed by atoms with Crippen molar-refractivity contribution in [1.29, 1.82) is 0 Å². The van der Waals surface area contributed by atoms with Crippen LogP contribution in [-0.4, -0.2) is 34.6 Å². The minimum Gasteiger partial charge on any atom is -0.463 e. The molecular formula is C18H22N4O2. The van der Waals surface area contributed by atoms with E-state index in [0.717, 1.165) is 32.5 Å². The van der Waals surface area contributed by atoms with Crippen LogP contribution < -0.4 is 4.74 Å². The average Bonchev–Trinajstić information content (AvgIpc) is 2.63. The predicted octanol–water partition coefficient (Wildman–Crippen LogP) is 3.03. The smallest absolute Gasteiger partial charge is 0.316 e. The molecular weight excluding hydrogens is 304 g/mol. The van der Waals surface area contributed by atoms with E-state index in [1.54, 1.807) is 12.4 Å². The summed E-state index contributed by atoms with van der Waals surface area (Å²) in [6, 6.07) is 11.0. The van der Waals surface area contributed by atoms with E-state index in [1.807, 2.05) is 0 Å². The molecule has 0 unspecified atom stereocenters. The van der Waals surface area contributed by atoms with E-state index in [-0.39, 0.29) is 6.54 Å². The van der Waals surface area contributed by atoms with E-state index in [9.17, 15) is 4.91 Å². The number of piperidine rings is 1. The number of benzene rings is 1. The first kappa shape index (κ1) is 16.5. The van der Waals surface area contributed by atoms with Crippen LogP contribution in [-0.2, 0) is 13.1 Å². The molecule has 1 fully saturated rings. The summed E-state index contributed by atoms with van der Waals surface area (Å²) >= 11 is 0. The number of aromatic nitrogens is 2. The van der Waals surface area contributed by atoms with Crippen molar-refractivity contribution < 1.29 is 4.74 Å². The van der Waals surface area contributed by atoms with E-state index in [2.05, 4.69) is 50.4 Å². The van der Waals surface area contributed by atoms with Crippen LogP contribution in [0.25, 0.3) is 0 Å². The molecule has 0 amide bonds. The topological polar surface area (TPSA) is 67.7 Å². The van der Waals surface area contributed by atoms with Crippen molar-refractivity contribution in [2.75, 3.05) is 19.7 Å². The molecule has 24 heavy (non-hydrogen) atoms. The van der Waals surface area contributed by atoms with E-state index in [0.29, 0.717) is 24.1 Å². The Morgan fingerprint density at radius 3 is 2.46 bits per heavy atom. The lowest BCUT2D eigenvalue weighted by molar-refractivity contribution is 0.132. The molecule has 0 bridgehead atoms. The minimum atomic E-state index is 0.0974. The van der Waals surface area contributed by atoms with Crippen molar-refractivity contribution >= 4 is 0 Å². The molecule has 3 rings (SSSR count). The number of nitrogens with zero attached hydrogens (tertiary/aromatic N) is 4. The van der Waals surface area contributed by atoms with Gasteiger partial charge in [-0.25, -0.2) is 9.97 Å². The third-order valence-corrected chi connectivity index (χ3v) is 4.33. The third kappa shape index (κ3) is 4.83.